The van der Waals surface area contributed by atoms with Crippen molar-refractivity contribution < 1.29 is 0 Å². The topological polar surface area (TPSA) is 52.0 Å². The zero-order valence-corrected chi connectivity index (χ0v) is 4.69. The molecule has 0 heterocycles. The van der Waals surface area contributed by atoms with Crippen molar-refractivity contribution in [1.29, 1.82) is 0 Å². The first-order valence-electron chi connectivity index (χ1n) is 1.43. The van der Waals surface area contributed by atoms with Crippen LogP contribution in [0, 0.1) is 0 Å². The Labute approximate surface area is 38.3 Å². The summed E-state index contributed by atoms with van der Waals surface area (Å²) in [7, 11) is 0. The Bertz CT molecular complexity index is 15.1. The van der Waals surface area contributed by atoms with Crippen molar-refractivity contribution in [2.24, 2.45) is 10.5 Å². The molecule has 0 saturated heterocycles. The molecule has 5 heavy (non-hydrogen) atoms. The molecule has 0 aliphatic heterocycles. The van der Waals surface area contributed by atoms with Gasteiger partial charge in [-0.05, 0) is 0 Å². The molecule has 0 radical (unpaired) electrons. The van der Waals surface area contributed by atoms with Crippen LogP contribution in [0.4, 0.5) is 0 Å². The Morgan fingerprint density at radius 1 is 1.60 bits per heavy atom. The monoisotopic (exact) mass is 140 g/mol. The second-order valence-corrected chi connectivity index (χ2v) is 2.22. The maximum absolute atomic E-state index is 5.12. The molecule has 0 aromatic carbocycles. The molecule has 0 aromatic heterocycles. The van der Waals surface area contributed by atoms with Crippen LogP contribution in [0.3, 0.4) is 0 Å². The minimum atomic E-state index is 0.300. The van der Waals surface area contributed by atoms with Gasteiger partial charge >= 0.3 is 37.5 Å². The number of nitrogens with two attached hydrogens (primary N) is 2. The first kappa shape index (κ1) is 5.44. The molecular formula is C2H8N2Se. The molecule has 0 spiro atoms. The molecule has 4 N–H and O–H groups in total. The molecule has 0 atom stereocenters. The third kappa shape index (κ3) is 4.44. The van der Waals surface area contributed by atoms with Crippen molar-refractivity contribution in [2.75, 3.05) is 6.54 Å². The summed E-state index contributed by atoms with van der Waals surface area (Å²) in [6.45, 7) is 0.747. The third-order valence-electron chi connectivity index (χ3n) is 0.236. The number of rotatable bonds is 2. The van der Waals surface area contributed by atoms with Crippen molar-refractivity contribution in [2.45, 2.75) is 5.32 Å². The molecule has 0 bridgehead atoms. The summed E-state index contributed by atoms with van der Waals surface area (Å²) in [6, 6.07) is 0. The van der Waals surface area contributed by atoms with E-state index in [4.69, 9.17) is 10.5 Å². The van der Waals surface area contributed by atoms with Crippen LogP contribution in [-0.2, 0) is 0 Å². The summed E-state index contributed by atoms with van der Waals surface area (Å²) >= 11 is 0.300. The molecule has 0 unspecified atom stereocenters. The van der Waals surface area contributed by atoms with E-state index in [1.54, 1.807) is 0 Å². The predicted molar refractivity (Wildman–Crippen MR) is 23.8 cm³/mol. The van der Waals surface area contributed by atoms with Gasteiger partial charge in [0.05, 0.1) is 0 Å². The zero-order chi connectivity index (χ0) is 4.12. The first-order valence-corrected chi connectivity index (χ1v) is 3.63. The summed E-state index contributed by atoms with van der Waals surface area (Å²) < 4.78 is 5.12. The van der Waals surface area contributed by atoms with Gasteiger partial charge in [-0.3, -0.25) is 0 Å². The molecular weight excluding hydrogens is 131 g/mol. The van der Waals surface area contributed by atoms with Crippen LogP contribution in [0.1, 0.15) is 0 Å². The van der Waals surface area contributed by atoms with E-state index in [1.807, 2.05) is 0 Å². The van der Waals surface area contributed by atoms with Gasteiger partial charge in [-0.25, -0.2) is 0 Å². The van der Waals surface area contributed by atoms with Crippen molar-refractivity contribution in [3.63, 3.8) is 0 Å². The molecule has 0 amide bonds. The summed E-state index contributed by atoms with van der Waals surface area (Å²) in [5.41, 5.74) is 5.07. The van der Waals surface area contributed by atoms with Crippen molar-refractivity contribution in [3.05, 3.63) is 0 Å². The summed E-state index contributed by atoms with van der Waals surface area (Å²) in [6.07, 6.45) is 0. The van der Waals surface area contributed by atoms with Gasteiger partial charge < -0.3 is 0 Å². The SMILES string of the molecule is NCC[Se]N. The van der Waals surface area contributed by atoms with Gasteiger partial charge in [0, 0.05) is 0 Å². The van der Waals surface area contributed by atoms with Crippen LogP contribution >= 0.6 is 0 Å². The van der Waals surface area contributed by atoms with E-state index in [2.05, 4.69) is 0 Å². The van der Waals surface area contributed by atoms with Gasteiger partial charge in [0.15, 0.2) is 0 Å². The van der Waals surface area contributed by atoms with Crippen LogP contribution in [0.2, 0.25) is 5.32 Å². The Hall–Kier alpha value is 0.439. The normalized spacial score (nSPS) is 8.40. The van der Waals surface area contributed by atoms with E-state index in [0.717, 1.165) is 11.9 Å². The quantitative estimate of drug-likeness (QED) is 0.479. The Morgan fingerprint density at radius 3 is 2.20 bits per heavy atom. The van der Waals surface area contributed by atoms with Gasteiger partial charge in [-0.15, -0.1) is 0 Å². The summed E-state index contributed by atoms with van der Waals surface area (Å²) in [5, 5.41) is 1.01. The standard InChI is InChI=1S/C2H8N2Se/c3-1-2-5-4/h1-4H2. The van der Waals surface area contributed by atoms with Gasteiger partial charge in [-0.2, -0.15) is 0 Å². The van der Waals surface area contributed by atoms with Crippen molar-refractivity contribution in [1.82, 2.24) is 0 Å². The van der Waals surface area contributed by atoms with Crippen molar-refractivity contribution in [3.8, 4) is 0 Å². The van der Waals surface area contributed by atoms with Crippen LogP contribution in [0.15, 0.2) is 0 Å². The van der Waals surface area contributed by atoms with Crippen LogP contribution in [0.25, 0.3) is 0 Å². The van der Waals surface area contributed by atoms with E-state index in [1.165, 1.54) is 0 Å². The fraction of sp³-hybridized carbons (Fsp3) is 1.00. The average Bonchev–Trinajstić information content (AvgIpc) is 1.41. The van der Waals surface area contributed by atoms with E-state index in [0.29, 0.717) is 15.2 Å². The fourth-order valence-electron chi connectivity index (χ4n) is 0.0680. The van der Waals surface area contributed by atoms with Crippen molar-refractivity contribution >= 4 is 15.2 Å². The zero-order valence-electron chi connectivity index (χ0n) is 2.98. The van der Waals surface area contributed by atoms with Crippen LogP contribution in [-0.4, -0.2) is 21.7 Å². The van der Waals surface area contributed by atoms with Crippen LogP contribution in [0.5, 0.6) is 0 Å². The van der Waals surface area contributed by atoms with E-state index >= 15 is 0 Å². The van der Waals surface area contributed by atoms with Gasteiger partial charge in [0.25, 0.3) is 0 Å². The number of hydrogen-bond donors (Lipinski definition) is 2. The molecule has 2 nitrogen and oxygen atoms in total. The summed E-state index contributed by atoms with van der Waals surface area (Å²) in [5.74, 6) is 0. The third-order valence-corrected chi connectivity index (χ3v) is 1.22. The second-order valence-electron chi connectivity index (χ2n) is 0.659. The molecule has 32 valence electrons. The summed E-state index contributed by atoms with van der Waals surface area (Å²) in [4.78, 5) is 0. The molecule has 0 fully saturated rings. The van der Waals surface area contributed by atoms with E-state index in [9.17, 15) is 0 Å². The number of hydrogen-bond acceptors (Lipinski definition) is 2. The molecule has 0 aromatic rings. The van der Waals surface area contributed by atoms with Gasteiger partial charge in [-0.1, -0.05) is 0 Å². The minimum absolute atomic E-state index is 0.300. The maximum atomic E-state index is 5.12. The molecule has 3 heteroatoms. The molecule has 0 saturated carbocycles. The predicted octanol–water partition coefficient (Wildman–Crippen LogP) is -1.06. The Kier molecular flexibility index (Phi) is 4.83. The van der Waals surface area contributed by atoms with Gasteiger partial charge in [0.2, 0.25) is 0 Å². The first-order chi connectivity index (χ1) is 2.41. The second kappa shape index (κ2) is 4.44. The average molecular weight is 139 g/mol. The molecule has 0 rings (SSSR count). The molecule has 0 aliphatic carbocycles. The van der Waals surface area contributed by atoms with E-state index in [-0.39, 0.29) is 0 Å². The van der Waals surface area contributed by atoms with Crippen LogP contribution < -0.4 is 10.5 Å². The fourth-order valence-corrected chi connectivity index (χ4v) is 0.354. The van der Waals surface area contributed by atoms with Gasteiger partial charge in [0.1, 0.15) is 0 Å². The molecule has 0 aliphatic rings. The Morgan fingerprint density at radius 2 is 2.20 bits per heavy atom. The van der Waals surface area contributed by atoms with E-state index < -0.39 is 0 Å². The Balaban J connectivity index is 2.19.